The third-order valence-corrected chi connectivity index (χ3v) is 9.16. The second-order valence-corrected chi connectivity index (χ2v) is 13.4. The molecule has 9 nitrogen and oxygen atoms in total. The van der Waals surface area contributed by atoms with E-state index in [1.165, 1.54) is 18.6 Å². The van der Waals surface area contributed by atoms with E-state index in [0.717, 1.165) is 0 Å². The van der Waals surface area contributed by atoms with Crippen LogP contribution in [-0.2, 0) is 9.84 Å². The number of ether oxygens (including phenoxy) is 1. The highest BCUT2D eigenvalue weighted by Crippen LogP contribution is 2.40. The third-order valence-electron chi connectivity index (χ3n) is 7.16. The van der Waals surface area contributed by atoms with Crippen molar-refractivity contribution in [2.45, 2.75) is 30.4 Å². The molecule has 1 aliphatic rings. The van der Waals surface area contributed by atoms with Crippen LogP contribution in [0.25, 0.3) is 22.2 Å². The molecule has 206 valence electrons. The first kappa shape index (κ1) is 27.9. The highest BCUT2D eigenvalue weighted by atomic mass is 35.5. The van der Waals surface area contributed by atoms with Gasteiger partial charge in [-0.1, -0.05) is 34.8 Å². The second-order valence-electron chi connectivity index (χ2n) is 10.2. The highest BCUT2D eigenvalue weighted by Gasteiger charge is 2.42. The molecule has 0 radical (unpaired) electrons. The van der Waals surface area contributed by atoms with Crippen molar-refractivity contribution in [3.05, 3.63) is 57.4 Å². The van der Waals surface area contributed by atoms with Crippen LogP contribution in [0.1, 0.15) is 25.5 Å². The summed E-state index contributed by atoms with van der Waals surface area (Å²) >= 11 is 19.1. The zero-order chi connectivity index (χ0) is 28.3. The Morgan fingerprint density at radius 1 is 1.08 bits per heavy atom. The normalized spacial score (nSPS) is 16.0. The summed E-state index contributed by atoms with van der Waals surface area (Å²) in [4.78, 5) is 12.8. The summed E-state index contributed by atoms with van der Waals surface area (Å²) in [6, 6.07) is 5.07. The van der Waals surface area contributed by atoms with E-state index in [0.29, 0.717) is 67.4 Å². The number of nitrogens with one attached hydrogen (secondary N) is 1. The standard InChI is InChI=1S/C26H27Cl3N6O3S/c1-14(23-18(28)10-30-11-19(23)29)38-21-7-16-20(8-17(21)27)32-33-24(16)15-6-22(39(5,36)37)25(31-9-15)35-12-26(2,13-35)34(3)4/h6-11,14H,12-13H2,1-5H3,(H,32,33)/t14-/m1/s1. The van der Waals surface area contributed by atoms with Crippen LogP contribution in [-0.4, -0.2) is 72.5 Å². The number of anilines is 1. The van der Waals surface area contributed by atoms with Crippen molar-refractivity contribution in [3.8, 4) is 17.0 Å². The molecule has 1 fully saturated rings. The summed E-state index contributed by atoms with van der Waals surface area (Å²) in [7, 11) is 0.446. The van der Waals surface area contributed by atoms with Crippen LogP contribution >= 0.6 is 34.8 Å². The molecule has 39 heavy (non-hydrogen) atoms. The number of fused-ring (bicyclic) bond motifs is 1. The van der Waals surface area contributed by atoms with Gasteiger partial charge in [0.1, 0.15) is 28.3 Å². The lowest BCUT2D eigenvalue weighted by molar-refractivity contribution is 0.132. The van der Waals surface area contributed by atoms with Gasteiger partial charge in [-0.3, -0.25) is 10.1 Å². The van der Waals surface area contributed by atoms with Gasteiger partial charge in [0.2, 0.25) is 0 Å². The van der Waals surface area contributed by atoms with Gasteiger partial charge in [0.15, 0.2) is 9.84 Å². The van der Waals surface area contributed by atoms with Crippen LogP contribution in [0, 0.1) is 0 Å². The fourth-order valence-corrected chi connectivity index (χ4v) is 6.41. The molecule has 0 saturated carbocycles. The predicted molar refractivity (Wildman–Crippen MR) is 155 cm³/mol. The Labute approximate surface area is 242 Å². The first-order valence-corrected chi connectivity index (χ1v) is 15.1. The Morgan fingerprint density at radius 2 is 1.74 bits per heavy atom. The maximum absolute atomic E-state index is 12.8. The van der Waals surface area contributed by atoms with E-state index in [-0.39, 0.29) is 10.4 Å². The van der Waals surface area contributed by atoms with Gasteiger partial charge >= 0.3 is 0 Å². The summed E-state index contributed by atoms with van der Waals surface area (Å²) < 4.78 is 31.8. The van der Waals surface area contributed by atoms with Crippen molar-refractivity contribution >= 4 is 61.4 Å². The number of halogens is 3. The van der Waals surface area contributed by atoms with Gasteiger partial charge in [-0.05, 0) is 46.1 Å². The van der Waals surface area contributed by atoms with Gasteiger partial charge in [0, 0.05) is 54.4 Å². The fourth-order valence-electron chi connectivity index (χ4n) is 4.67. The smallest absolute Gasteiger partial charge is 0.179 e. The average Bonchev–Trinajstić information content (AvgIpc) is 3.23. The molecule has 1 saturated heterocycles. The van der Waals surface area contributed by atoms with E-state index in [9.17, 15) is 8.42 Å². The summed E-state index contributed by atoms with van der Waals surface area (Å²) in [6.45, 7) is 5.28. The number of pyridine rings is 2. The number of hydrogen-bond donors (Lipinski definition) is 1. The molecule has 0 amide bonds. The van der Waals surface area contributed by atoms with Crippen molar-refractivity contribution in [2.24, 2.45) is 0 Å². The van der Waals surface area contributed by atoms with Gasteiger partial charge < -0.3 is 14.5 Å². The van der Waals surface area contributed by atoms with Gasteiger partial charge in [0.25, 0.3) is 0 Å². The lowest BCUT2D eigenvalue weighted by atomic mass is 9.91. The number of benzene rings is 1. The average molecular weight is 610 g/mol. The third kappa shape index (κ3) is 5.16. The number of rotatable bonds is 7. The number of sulfone groups is 1. The van der Waals surface area contributed by atoms with Crippen LogP contribution in [0.5, 0.6) is 5.75 Å². The summed E-state index contributed by atoms with van der Waals surface area (Å²) in [6.07, 6.45) is 5.30. The first-order valence-electron chi connectivity index (χ1n) is 12.0. The number of likely N-dealkylation sites (N-methyl/N-ethyl adjacent to an activating group) is 1. The fraction of sp³-hybridized carbons (Fsp3) is 0.346. The maximum Gasteiger partial charge on any atom is 0.179 e. The molecule has 13 heteroatoms. The molecular weight excluding hydrogens is 583 g/mol. The lowest BCUT2D eigenvalue weighted by Gasteiger charge is -2.52. The van der Waals surface area contributed by atoms with E-state index in [1.807, 2.05) is 25.9 Å². The molecule has 0 unspecified atom stereocenters. The number of H-pyrrole nitrogens is 1. The second kappa shape index (κ2) is 10.1. The quantitative estimate of drug-likeness (QED) is 0.286. The maximum atomic E-state index is 12.8. The van der Waals surface area contributed by atoms with E-state index in [4.69, 9.17) is 39.5 Å². The SMILES string of the molecule is C[C@@H](Oc1cc2c(-c3cnc(N4CC(C)(N(C)C)C4)c(S(C)(=O)=O)c3)n[nH]c2cc1Cl)c1c(Cl)cncc1Cl. The minimum absolute atomic E-state index is 0.0506. The molecule has 4 heterocycles. The van der Waals surface area contributed by atoms with Gasteiger partial charge in [-0.25, -0.2) is 13.4 Å². The molecule has 0 spiro atoms. The Bertz CT molecular complexity index is 1670. The first-order chi connectivity index (χ1) is 18.3. The van der Waals surface area contributed by atoms with Crippen molar-refractivity contribution in [1.82, 2.24) is 25.1 Å². The van der Waals surface area contributed by atoms with Crippen molar-refractivity contribution in [2.75, 3.05) is 38.3 Å². The zero-order valence-corrected chi connectivity index (χ0v) is 25.0. The molecule has 0 bridgehead atoms. The van der Waals surface area contributed by atoms with Crippen LogP contribution in [0.15, 0.2) is 41.7 Å². The largest absolute Gasteiger partial charge is 0.484 e. The number of hydrogen-bond acceptors (Lipinski definition) is 8. The molecule has 1 atom stereocenters. The summed E-state index contributed by atoms with van der Waals surface area (Å²) in [5.41, 5.74) is 2.26. The minimum atomic E-state index is -3.58. The number of nitrogens with zero attached hydrogens (tertiary/aromatic N) is 5. The predicted octanol–water partition coefficient (Wildman–Crippen LogP) is 5.66. The molecule has 1 aliphatic heterocycles. The van der Waals surface area contributed by atoms with E-state index in [1.54, 1.807) is 24.4 Å². The highest BCUT2D eigenvalue weighted by molar-refractivity contribution is 7.90. The molecule has 0 aliphatic carbocycles. The lowest BCUT2D eigenvalue weighted by Crippen LogP contribution is -2.67. The molecule has 5 rings (SSSR count). The summed E-state index contributed by atoms with van der Waals surface area (Å²) in [5.74, 6) is 0.826. The van der Waals surface area contributed by atoms with E-state index < -0.39 is 15.9 Å². The van der Waals surface area contributed by atoms with Crippen molar-refractivity contribution in [1.29, 1.82) is 0 Å². The Kier molecular flexibility index (Phi) is 7.22. The minimum Gasteiger partial charge on any atom is -0.484 e. The van der Waals surface area contributed by atoms with Crippen molar-refractivity contribution < 1.29 is 13.2 Å². The number of aromatic amines is 1. The van der Waals surface area contributed by atoms with E-state index >= 15 is 0 Å². The van der Waals surface area contributed by atoms with Gasteiger partial charge in [-0.2, -0.15) is 5.10 Å². The van der Waals surface area contributed by atoms with Gasteiger partial charge in [0.05, 0.1) is 26.1 Å². The Hall–Kier alpha value is -2.63. The van der Waals surface area contributed by atoms with Crippen LogP contribution in [0.2, 0.25) is 15.1 Å². The monoisotopic (exact) mass is 608 g/mol. The summed E-state index contributed by atoms with van der Waals surface area (Å²) in [5, 5.41) is 9.21. The Balaban J connectivity index is 1.52. The van der Waals surface area contributed by atoms with Crippen LogP contribution < -0.4 is 9.64 Å². The molecule has 1 aromatic carbocycles. The number of aromatic nitrogens is 4. The van der Waals surface area contributed by atoms with Crippen LogP contribution in [0.4, 0.5) is 5.82 Å². The van der Waals surface area contributed by atoms with Crippen LogP contribution in [0.3, 0.4) is 0 Å². The van der Waals surface area contributed by atoms with E-state index in [2.05, 4.69) is 32.0 Å². The molecule has 1 N–H and O–H groups in total. The molecule has 4 aromatic rings. The topological polar surface area (TPSA) is 104 Å². The zero-order valence-electron chi connectivity index (χ0n) is 22.0. The molecular formula is C26H27Cl3N6O3S. The van der Waals surface area contributed by atoms with Crippen molar-refractivity contribution in [3.63, 3.8) is 0 Å². The Morgan fingerprint density at radius 3 is 2.36 bits per heavy atom. The van der Waals surface area contributed by atoms with Gasteiger partial charge in [-0.15, -0.1) is 0 Å². The molecule has 3 aromatic heterocycles.